The highest BCUT2D eigenvalue weighted by Gasteiger charge is 2.55. The number of hydrogen-bond donors (Lipinski definition) is 4. The predicted octanol–water partition coefficient (Wildman–Crippen LogP) is 0.605. The fourth-order valence-electron chi connectivity index (χ4n) is 2.22. The molecule has 0 aromatic rings. The molecule has 0 aromatic heterocycles. The first-order valence-corrected chi connectivity index (χ1v) is 10.8. The Morgan fingerprint density at radius 3 is 1.89 bits per heavy atom. The largest absolute Gasteiger partial charge is 0.315 e. The number of carbonyl (C=O) groups is 2. The molecule has 10 nitrogen and oxygen atoms in total. The van der Waals surface area contributed by atoms with Crippen LogP contribution in [0.15, 0.2) is 24.8 Å². The number of carbonyl (C=O) groups excluding carboxylic acids is 2. The number of nitrogens with one attached hydrogen (secondary N) is 2. The van der Waals surface area contributed by atoms with Crippen molar-refractivity contribution in [1.29, 1.82) is 0 Å². The van der Waals surface area contributed by atoms with Crippen LogP contribution in [-0.4, -0.2) is 48.0 Å². The van der Waals surface area contributed by atoms with Crippen LogP contribution < -0.4 is 10.6 Å². The van der Waals surface area contributed by atoms with Crippen molar-refractivity contribution in [3.05, 3.63) is 24.8 Å². The van der Waals surface area contributed by atoms with Crippen LogP contribution in [0.4, 0.5) is 0 Å². The maximum Gasteiger partial charge on any atom is 0.309 e. The van der Waals surface area contributed by atoms with Crippen molar-refractivity contribution >= 4 is 32.1 Å². The lowest BCUT2D eigenvalue weighted by molar-refractivity contribution is -0.123. The zero-order valence-corrected chi connectivity index (χ0v) is 17.3. The average molecular weight is 427 g/mol. The molecular weight excluding hydrogens is 400 g/mol. The minimum absolute atomic E-state index is 0.0267. The third kappa shape index (κ3) is 6.13. The summed E-state index contributed by atoms with van der Waals surface area (Å²) in [6, 6.07) is 0. The predicted molar refractivity (Wildman–Crippen MR) is 99.6 cm³/mol. The van der Waals surface area contributed by atoms with E-state index in [9.17, 15) is 31.0 Å². The molecule has 2 amide bonds. The van der Waals surface area contributed by atoms with Gasteiger partial charge in [0.2, 0.25) is 16.8 Å². The van der Waals surface area contributed by atoms with Crippen molar-refractivity contribution in [2.45, 2.75) is 50.8 Å². The Balaban J connectivity index is 6.01. The van der Waals surface area contributed by atoms with Crippen LogP contribution in [0.1, 0.15) is 40.5 Å². The Hall–Kier alpha value is -1.76. The summed E-state index contributed by atoms with van der Waals surface area (Å²) >= 11 is 0. The second-order valence-corrected chi connectivity index (χ2v) is 10.2. The van der Waals surface area contributed by atoms with E-state index in [1.807, 2.05) is 10.6 Å². The molecule has 27 heavy (non-hydrogen) atoms. The molecule has 0 bridgehead atoms. The molecular formula is C15H26N2O8S2. The molecule has 2 atom stereocenters. The van der Waals surface area contributed by atoms with Gasteiger partial charge in [0.05, 0.1) is 5.25 Å². The van der Waals surface area contributed by atoms with Crippen LogP contribution in [-0.2, 0) is 29.8 Å². The van der Waals surface area contributed by atoms with Gasteiger partial charge in [0.15, 0.2) is 0 Å². The molecule has 0 fully saturated rings. The lowest BCUT2D eigenvalue weighted by atomic mass is 9.91. The lowest BCUT2D eigenvalue weighted by Crippen LogP contribution is -2.71. The Morgan fingerprint density at radius 1 is 1.11 bits per heavy atom. The highest BCUT2D eigenvalue weighted by Crippen LogP contribution is 2.33. The second-order valence-electron chi connectivity index (χ2n) is 6.91. The zero-order valence-electron chi connectivity index (χ0n) is 15.6. The fraction of sp³-hybridized carbons (Fsp3) is 0.600. The van der Waals surface area contributed by atoms with E-state index >= 15 is 0 Å². The maximum absolute atomic E-state index is 12.5. The first-order valence-electron chi connectivity index (χ1n) is 7.81. The first-order chi connectivity index (χ1) is 11.9. The van der Waals surface area contributed by atoms with E-state index in [1.165, 1.54) is 27.7 Å². The fourth-order valence-corrected chi connectivity index (χ4v) is 4.28. The van der Waals surface area contributed by atoms with Gasteiger partial charge in [0, 0.05) is 11.0 Å². The van der Waals surface area contributed by atoms with Gasteiger partial charge in [-0.3, -0.25) is 18.7 Å². The summed E-state index contributed by atoms with van der Waals surface area (Å²) in [5, 5.41) is 2.71. The molecule has 0 aliphatic heterocycles. The van der Waals surface area contributed by atoms with E-state index in [2.05, 4.69) is 13.2 Å². The van der Waals surface area contributed by atoms with Crippen LogP contribution in [0.5, 0.6) is 0 Å². The normalized spacial score (nSPS) is 15.9. The Morgan fingerprint density at radius 2 is 1.59 bits per heavy atom. The first kappa shape index (κ1) is 25.2. The molecule has 12 heteroatoms. The van der Waals surface area contributed by atoms with Crippen LogP contribution in [0.3, 0.4) is 0 Å². The van der Waals surface area contributed by atoms with Crippen molar-refractivity contribution in [2.75, 3.05) is 0 Å². The van der Waals surface area contributed by atoms with Gasteiger partial charge < -0.3 is 10.6 Å². The van der Waals surface area contributed by atoms with Gasteiger partial charge in [0.1, 0.15) is 0 Å². The van der Waals surface area contributed by atoms with Crippen LogP contribution >= 0.6 is 0 Å². The number of rotatable bonds is 9. The Kier molecular flexibility index (Phi) is 7.95. The summed E-state index contributed by atoms with van der Waals surface area (Å²) < 4.78 is 65.6. The van der Waals surface area contributed by atoms with E-state index in [1.54, 1.807) is 0 Å². The topological polar surface area (TPSA) is 167 Å². The molecule has 0 spiro atoms. The summed E-state index contributed by atoms with van der Waals surface area (Å²) in [6.45, 7) is 12.1. The summed E-state index contributed by atoms with van der Waals surface area (Å²) in [5.41, 5.74) is -1.81. The van der Waals surface area contributed by atoms with Crippen molar-refractivity contribution in [3.63, 3.8) is 0 Å². The summed E-state index contributed by atoms with van der Waals surface area (Å²) in [5.74, 6) is -2.12. The van der Waals surface area contributed by atoms with Gasteiger partial charge in [-0.15, -0.1) is 0 Å². The minimum Gasteiger partial charge on any atom is -0.315 e. The average Bonchev–Trinajstić information content (AvgIpc) is 2.47. The maximum atomic E-state index is 12.5. The van der Waals surface area contributed by atoms with Gasteiger partial charge >= 0.3 is 10.1 Å². The molecule has 0 aliphatic carbocycles. The molecule has 0 aliphatic rings. The number of amides is 2. The van der Waals surface area contributed by atoms with E-state index < -0.39 is 54.1 Å². The van der Waals surface area contributed by atoms with Gasteiger partial charge in [0.25, 0.3) is 10.1 Å². The quantitative estimate of drug-likeness (QED) is 0.236. The van der Waals surface area contributed by atoms with E-state index in [0.717, 1.165) is 6.08 Å². The van der Waals surface area contributed by atoms with Crippen LogP contribution in [0.25, 0.3) is 0 Å². The molecule has 4 N–H and O–H groups in total. The molecule has 2 unspecified atom stereocenters. The Labute approximate surface area is 159 Å². The van der Waals surface area contributed by atoms with Crippen molar-refractivity contribution < 1.29 is 35.5 Å². The summed E-state index contributed by atoms with van der Waals surface area (Å²) in [6.07, 6.45) is 0.238. The SMILES string of the molecule is C=CC(=O)NC(NC(=O)C(=C)CC(CC)S(=O)(=O)O)(C(C)(C)C)S(=O)(=O)O. The minimum atomic E-state index is -5.10. The zero-order chi connectivity index (χ0) is 21.8. The van der Waals surface area contributed by atoms with E-state index in [-0.39, 0.29) is 12.0 Å². The lowest BCUT2D eigenvalue weighted by Gasteiger charge is -2.42. The highest BCUT2D eigenvalue weighted by molar-refractivity contribution is 7.87. The number of hydrogen-bond acceptors (Lipinski definition) is 6. The van der Waals surface area contributed by atoms with Crippen molar-refractivity contribution in [2.24, 2.45) is 5.41 Å². The van der Waals surface area contributed by atoms with Gasteiger partial charge in [-0.2, -0.15) is 16.8 Å². The third-order valence-corrected chi connectivity index (χ3v) is 6.82. The van der Waals surface area contributed by atoms with Gasteiger partial charge in [-0.25, -0.2) is 0 Å². The van der Waals surface area contributed by atoms with Gasteiger partial charge in [-0.05, 0) is 18.9 Å². The van der Waals surface area contributed by atoms with Crippen molar-refractivity contribution in [3.8, 4) is 0 Å². The van der Waals surface area contributed by atoms with Gasteiger partial charge in [-0.1, -0.05) is 40.9 Å². The summed E-state index contributed by atoms with van der Waals surface area (Å²) in [4.78, 5) is 21.5. The van der Waals surface area contributed by atoms with E-state index in [4.69, 9.17) is 4.55 Å². The molecule has 0 heterocycles. The highest BCUT2D eigenvalue weighted by atomic mass is 32.2. The van der Waals surface area contributed by atoms with Crippen molar-refractivity contribution in [1.82, 2.24) is 10.6 Å². The molecule has 0 aromatic carbocycles. The molecule has 0 saturated heterocycles. The summed E-state index contributed by atoms with van der Waals surface area (Å²) in [7, 11) is -9.56. The standard InChI is InChI=1S/C15H26N2O8S2/c1-7-11(26(20,21)22)9-10(3)13(19)17-15(14(4,5)6,27(23,24)25)16-12(18)8-2/h8,11H,2-3,7,9H2,1,4-6H3,(H,16,18)(H,17,19)(H,20,21,22)(H,23,24,25). The second kappa shape index (κ2) is 8.50. The third-order valence-electron chi connectivity index (χ3n) is 3.89. The monoisotopic (exact) mass is 426 g/mol. The van der Waals surface area contributed by atoms with E-state index in [0.29, 0.717) is 0 Å². The van der Waals surface area contributed by atoms with Crippen LogP contribution in [0.2, 0.25) is 0 Å². The smallest absolute Gasteiger partial charge is 0.309 e. The van der Waals surface area contributed by atoms with Crippen LogP contribution in [0, 0.1) is 5.41 Å². The molecule has 0 radical (unpaired) electrons. The molecule has 0 rings (SSSR count). The Bertz CT molecular complexity index is 824. The molecule has 156 valence electrons. The molecule has 0 saturated carbocycles.